The van der Waals surface area contributed by atoms with E-state index in [0.29, 0.717) is 6.54 Å². The Hall–Kier alpha value is -2.28. The first-order chi connectivity index (χ1) is 12.7. The van der Waals surface area contributed by atoms with Gasteiger partial charge in [-0.15, -0.1) is 11.3 Å². The van der Waals surface area contributed by atoms with Crippen molar-refractivity contribution < 1.29 is 9.47 Å². The molecule has 7 heteroatoms. The molecule has 0 aliphatic carbocycles. The van der Waals surface area contributed by atoms with Crippen molar-refractivity contribution in [1.82, 2.24) is 15.6 Å². The Morgan fingerprint density at radius 1 is 1.19 bits per heavy atom. The zero-order chi connectivity index (χ0) is 18.8. The van der Waals surface area contributed by atoms with Gasteiger partial charge in [0.2, 0.25) is 0 Å². The molecule has 0 saturated heterocycles. The maximum atomic E-state index is 5.35. The van der Waals surface area contributed by atoms with Crippen molar-refractivity contribution in [2.45, 2.75) is 32.7 Å². The van der Waals surface area contributed by atoms with E-state index in [1.54, 1.807) is 32.6 Å². The number of thiazole rings is 1. The lowest BCUT2D eigenvalue weighted by Gasteiger charge is -2.12. The van der Waals surface area contributed by atoms with E-state index >= 15 is 0 Å². The van der Waals surface area contributed by atoms with Gasteiger partial charge in [-0.3, -0.25) is 4.99 Å². The molecule has 6 nitrogen and oxygen atoms in total. The average Bonchev–Trinajstić information content (AvgIpc) is 3.15. The second-order valence-corrected chi connectivity index (χ2v) is 6.92. The lowest BCUT2D eigenvalue weighted by atomic mass is 10.1. The fourth-order valence-corrected chi connectivity index (χ4v) is 3.31. The quantitative estimate of drug-likeness (QED) is 0.400. The second kappa shape index (κ2) is 10.7. The Bertz CT molecular complexity index is 715. The van der Waals surface area contributed by atoms with E-state index in [1.807, 2.05) is 18.3 Å². The highest BCUT2D eigenvalue weighted by Gasteiger charge is 2.05. The van der Waals surface area contributed by atoms with Gasteiger partial charge in [0.05, 0.1) is 20.8 Å². The number of hydrogen-bond acceptors (Lipinski definition) is 5. The molecular formula is C19H28N4O2S. The van der Waals surface area contributed by atoms with E-state index in [2.05, 4.69) is 33.6 Å². The molecule has 1 heterocycles. The summed E-state index contributed by atoms with van der Waals surface area (Å²) in [6.07, 6.45) is 4.92. The fourth-order valence-electron chi connectivity index (χ4n) is 2.51. The van der Waals surface area contributed by atoms with Crippen molar-refractivity contribution in [3.63, 3.8) is 0 Å². The van der Waals surface area contributed by atoms with Crippen molar-refractivity contribution in [3.8, 4) is 11.5 Å². The lowest BCUT2D eigenvalue weighted by Crippen LogP contribution is -2.37. The van der Waals surface area contributed by atoms with Crippen molar-refractivity contribution in [2.24, 2.45) is 4.99 Å². The lowest BCUT2D eigenvalue weighted by molar-refractivity contribution is 0.354. The highest BCUT2D eigenvalue weighted by Crippen LogP contribution is 2.27. The number of benzene rings is 1. The molecule has 1 aromatic carbocycles. The third kappa shape index (κ3) is 5.91. The van der Waals surface area contributed by atoms with Crippen LogP contribution in [0.2, 0.25) is 0 Å². The monoisotopic (exact) mass is 376 g/mol. The standard InChI is InChI=1S/C19H28N4O2S/c1-5-15-12-22-18(26-15)13-23-19(20-2)21-10-6-7-14-8-9-16(24-3)17(11-14)25-4/h8-9,11-12H,5-7,10,13H2,1-4H3,(H2,20,21,23). The van der Waals surface area contributed by atoms with Crippen LogP contribution >= 0.6 is 11.3 Å². The number of nitrogens with zero attached hydrogens (tertiary/aromatic N) is 2. The summed E-state index contributed by atoms with van der Waals surface area (Å²) in [5, 5.41) is 7.73. The number of hydrogen-bond donors (Lipinski definition) is 2. The third-order valence-corrected chi connectivity index (χ3v) is 5.10. The van der Waals surface area contributed by atoms with Crippen molar-refractivity contribution in [3.05, 3.63) is 39.8 Å². The van der Waals surface area contributed by atoms with Crippen molar-refractivity contribution in [1.29, 1.82) is 0 Å². The number of aromatic nitrogens is 1. The molecule has 1 aromatic heterocycles. The number of aryl methyl sites for hydroxylation is 2. The van der Waals surface area contributed by atoms with Gasteiger partial charge in [0.15, 0.2) is 17.5 Å². The average molecular weight is 377 g/mol. The Morgan fingerprint density at radius 3 is 2.65 bits per heavy atom. The first-order valence-electron chi connectivity index (χ1n) is 8.79. The Morgan fingerprint density at radius 2 is 2.00 bits per heavy atom. The summed E-state index contributed by atoms with van der Waals surface area (Å²) in [6.45, 7) is 3.68. The maximum Gasteiger partial charge on any atom is 0.191 e. The number of methoxy groups -OCH3 is 2. The Labute approximate surface area is 159 Å². The molecule has 2 N–H and O–H groups in total. The van der Waals surface area contributed by atoms with Gasteiger partial charge < -0.3 is 20.1 Å². The molecule has 0 unspecified atom stereocenters. The van der Waals surface area contributed by atoms with Gasteiger partial charge in [-0.25, -0.2) is 4.98 Å². The summed E-state index contributed by atoms with van der Waals surface area (Å²) >= 11 is 1.74. The first kappa shape index (κ1) is 20.0. The molecule has 0 aliphatic heterocycles. The molecule has 26 heavy (non-hydrogen) atoms. The summed E-state index contributed by atoms with van der Waals surface area (Å²) in [5.74, 6) is 2.32. The topological polar surface area (TPSA) is 67.8 Å². The number of ether oxygens (including phenoxy) is 2. The first-order valence-corrected chi connectivity index (χ1v) is 9.60. The molecule has 142 valence electrons. The van der Waals surface area contributed by atoms with Gasteiger partial charge >= 0.3 is 0 Å². The third-order valence-electron chi connectivity index (χ3n) is 3.96. The van der Waals surface area contributed by atoms with Crippen molar-refractivity contribution >= 4 is 17.3 Å². The van der Waals surface area contributed by atoms with Crippen LogP contribution in [-0.2, 0) is 19.4 Å². The van der Waals surface area contributed by atoms with Gasteiger partial charge in [-0.2, -0.15) is 0 Å². The maximum absolute atomic E-state index is 5.35. The van der Waals surface area contributed by atoms with Crippen LogP contribution in [-0.4, -0.2) is 38.8 Å². The van der Waals surface area contributed by atoms with E-state index < -0.39 is 0 Å². The van der Waals surface area contributed by atoms with Gasteiger partial charge in [-0.05, 0) is 37.0 Å². The Balaban J connectivity index is 1.73. The normalized spacial score (nSPS) is 11.3. The fraction of sp³-hybridized carbons (Fsp3) is 0.474. The van der Waals surface area contributed by atoms with Crippen LogP contribution < -0.4 is 20.1 Å². The molecule has 0 amide bonds. The van der Waals surface area contributed by atoms with Crippen LogP contribution in [0.4, 0.5) is 0 Å². The zero-order valence-corrected chi connectivity index (χ0v) is 16.8. The minimum atomic E-state index is 0.694. The van der Waals surface area contributed by atoms with Gasteiger partial charge in [0, 0.05) is 24.7 Å². The van der Waals surface area contributed by atoms with Gasteiger partial charge in [0.25, 0.3) is 0 Å². The number of rotatable bonds is 9. The van der Waals surface area contributed by atoms with Crippen LogP contribution in [0.15, 0.2) is 29.4 Å². The molecule has 0 atom stereocenters. The van der Waals surface area contributed by atoms with Crippen LogP contribution in [0, 0.1) is 0 Å². The minimum Gasteiger partial charge on any atom is -0.493 e. The number of guanidine groups is 1. The summed E-state index contributed by atoms with van der Waals surface area (Å²) in [4.78, 5) is 9.98. The number of aliphatic imine (C=N–C) groups is 1. The van der Waals surface area contributed by atoms with Crippen LogP contribution in [0.25, 0.3) is 0 Å². The van der Waals surface area contributed by atoms with E-state index in [-0.39, 0.29) is 0 Å². The Kier molecular flexibility index (Phi) is 8.21. The molecule has 0 fully saturated rings. The zero-order valence-electron chi connectivity index (χ0n) is 16.0. The van der Waals surface area contributed by atoms with E-state index in [1.165, 1.54) is 10.4 Å². The molecule has 0 aliphatic rings. The van der Waals surface area contributed by atoms with Crippen LogP contribution in [0.1, 0.15) is 28.8 Å². The molecular weight excluding hydrogens is 348 g/mol. The van der Waals surface area contributed by atoms with Crippen LogP contribution in [0.5, 0.6) is 11.5 Å². The van der Waals surface area contributed by atoms with E-state index in [4.69, 9.17) is 9.47 Å². The predicted octanol–water partition coefficient (Wildman–Crippen LogP) is 3.02. The predicted molar refractivity (Wildman–Crippen MR) is 108 cm³/mol. The smallest absolute Gasteiger partial charge is 0.191 e. The summed E-state index contributed by atoms with van der Waals surface area (Å²) in [6, 6.07) is 6.04. The summed E-state index contributed by atoms with van der Waals surface area (Å²) in [7, 11) is 5.09. The van der Waals surface area contributed by atoms with E-state index in [0.717, 1.165) is 48.3 Å². The van der Waals surface area contributed by atoms with Gasteiger partial charge in [-0.1, -0.05) is 13.0 Å². The summed E-state index contributed by atoms with van der Waals surface area (Å²) in [5.41, 5.74) is 1.22. The molecule has 2 aromatic rings. The minimum absolute atomic E-state index is 0.694. The largest absolute Gasteiger partial charge is 0.493 e. The SMILES string of the molecule is CCc1cnc(CNC(=NC)NCCCc2ccc(OC)c(OC)c2)s1. The number of nitrogens with one attached hydrogen (secondary N) is 2. The van der Waals surface area contributed by atoms with Crippen molar-refractivity contribution in [2.75, 3.05) is 27.8 Å². The molecule has 0 spiro atoms. The van der Waals surface area contributed by atoms with Crippen LogP contribution in [0.3, 0.4) is 0 Å². The van der Waals surface area contributed by atoms with Gasteiger partial charge in [0.1, 0.15) is 5.01 Å². The summed E-state index contributed by atoms with van der Waals surface area (Å²) < 4.78 is 10.6. The molecule has 0 bridgehead atoms. The molecule has 2 rings (SSSR count). The highest BCUT2D eigenvalue weighted by atomic mass is 32.1. The highest BCUT2D eigenvalue weighted by molar-refractivity contribution is 7.11. The second-order valence-electron chi connectivity index (χ2n) is 5.72. The van der Waals surface area contributed by atoms with E-state index in [9.17, 15) is 0 Å². The molecule has 0 radical (unpaired) electrons. The molecule has 0 saturated carbocycles.